The van der Waals surface area contributed by atoms with E-state index in [2.05, 4.69) is 15.6 Å². The Morgan fingerprint density at radius 3 is 2.58 bits per heavy atom. The van der Waals surface area contributed by atoms with E-state index in [0.717, 1.165) is 16.8 Å². The molecule has 0 aliphatic rings. The summed E-state index contributed by atoms with van der Waals surface area (Å²) in [5, 5.41) is 12.0. The van der Waals surface area contributed by atoms with Crippen molar-refractivity contribution in [1.82, 2.24) is 20.3 Å². The lowest BCUT2D eigenvalue weighted by Crippen LogP contribution is -2.24. The van der Waals surface area contributed by atoms with Crippen molar-refractivity contribution in [1.29, 1.82) is 0 Å². The maximum atomic E-state index is 12.6. The fourth-order valence-corrected chi connectivity index (χ4v) is 3.23. The molecule has 3 rings (SSSR count). The van der Waals surface area contributed by atoms with E-state index < -0.39 is 0 Å². The Morgan fingerprint density at radius 2 is 1.92 bits per heavy atom. The molecule has 1 amide bonds. The number of aromatic nitrogens is 3. The second-order valence-electron chi connectivity index (χ2n) is 5.99. The summed E-state index contributed by atoms with van der Waals surface area (Å²) in [6.45, 7) is 6.08. The molecule has 0 atom stereocenters. The molecule has 26 heavy (non-hydrogen) atoms. The molecule has 0 radical (unpaired) electrons. The first-order chi connectivity index (χ1) is 12.4. The molecule has 8 heteroatoms. The summed E-state index contributed by atoms with van der Waals surface area (Å²) in [6, 6.07) is 7.45. The van der Waals surface area contributed by atoms with Gasteiger partial charge in [0.2, 0.25) is 0 Å². The number of hydrogen-bond acceptors (Lipinski definition) is 4. The van der Waals surface area contributed by atoms with E-state index in [1.165, 1.54) is 0 Å². The van der Waals surface area contributed by atoms with Crippen LogP contribution in [0.1, 0.15) is 38.6 Å². The van der Waals surface area contributed by atoms with Crippen LogP contribution in [0.5, 0.6) is 0 Å². The molecule has 3 aromatic rings. The molecule has 0 aliphatic carbocycles. The Kier molecular flexibility index (Phi) is 5.34. The lowest BCUT2D eigenvalue weighted by atomic mass is 10.2. The molecule has 0 fully saturated rings. The summed E-state index contributed by atoms with van der Waals surface area (Å²) in [7, 11) is 0. The van der Waals surface area contributed by atoms with E-state index in [1.54, 1.807) is 24.6 Å². The molecule has 0 unspecified atom stereocenters. The highest BCUT2D eigenvalue weighted by atomic mass is 35.5. The van der Waals surface area contributed by atoms with Crippen LogP contribution in [-0.4, -0.2) is 20.8 Å². The van der Waals surface area contributed by atoms with Crippen LogP contribution in [0.15, 0.2) is 28.8 Å². The first-order valence-electron chi connectivity index (χ1n) is 8.04. The third kappa shape index (κ3) is 3.61. The monoisotopic (exact) mass is 392 g/mol. The molecule has 136 valence electrons. The van der Waals surface area contributed by atoms with E-state index in [9.17, 15) is 4.79 Å². The van der Waals surface area contributed by atoms with Gasteiger partial charge in [-0.1, -0.05) is 46.6 Å². The summed E-state index contributed by atoms with van der Waals surface area (Å²) < 4.78 is 6.68. The van der Waals surface area contributed by atoms with Gasteiger partial charge >= 0.3 is 0 Å². The minimum absolute atomic E-state index is 0.277. The molecule has 1 N–H and O–H groups in total. The average Bonchev–Trinajstić information content (AvgIpc) is 3.06. The van der Waals surface area contributed by atoms with Gasteiger partial charge in [-0.2, -0.15) is 5.10 Å². The minimum atomic E-state index is -0.294. The van der Waals surface area contributed by atoms with E-state index in [0.29, 0.717) is 35.1 Å². The maximum absolute atomic E-state index is 12.6. The van der Waals surface area contributed by atoms with Gasteiger partial charge in [0.1, 0.15) is 10.9 Å². The summed E-state index contributed by atoms with van der Waals surface area (Å²) >= 11 is 12.6. The van der Waals surface area contributed by atoms with Gasteiger partial charge in [0.25, 0.3) is 5.91 Å². The van der Waals surface area contributed by atoms with Crippen molar-refractivity contribution in [2.75, 3.05) is 0 Å². The van der Waals surface area contributed by atoms with Crippen molar-refractivity contribution < 1.29 is 9.32 Å². The van der Waals surface area contributed by atoms with Gasteiger partial charge in [-0.15, -0.1) is 0 Å². The molecule has 0 saturated carbocycles. The van der Waals surface area contributed by atoms with Crippen LogP contribution < -0.4 is 5.32 Å². The number of hydrogen-bond donors (Lipinski definition) is 1. The van der Waals surface area contributed by atoms with Gasteiger partial charge < -0.3 is 9.84 Å². The van der Waals surface area contributed by atoms with Gasteiger partial charge in [-0.05, 0) is 32.4 Å². The van der Waals surface area contributed by atoms with E-state index in [4.69, 9.17) is 27.7 Å². The SMILES string of the molecule is Cc1noc(C)c1CNC(=O)c1c(C)nn(Cc2ccccc2Cl)c1Cl. The maximum Gasteiger partial charge on any atom is 0.256 e. The molecular formula is C18H18Cl2N4O2. The number of carbonyl (C=O) groups excluding carboxylic acids is 1. The van der Waals surface area contributed by atoms with Crippen molar-refractivity contribution in [3.05, 3.63) is 68.3 Å². The Morgan fingerprint density at radius 1 is 1.19 bits per heavy atom. The number of halogens is 2. The number of carbonyl (C=O) groups is 1. The van der Waals surface area contributed by atoms with Crippen LogP contribution in [0.25, 0.3) is 0 Å². The van der Waals surface area contributed by atoms with Crippen LogP contribution in [0, 0.1) is 20.8 Å². The van der Waals surface area contributed by atoms with Crippen LogP contribution in [0.4, 0.5) is 0 Å². The highest BCUT2D eigenvalue weighted by Gasteiger charge is 2.21. The van der Waals surface area contributed by atoms with Crippen molar-refractivity contribution in [2.45, 2.75) is 33.9 Å². The van der Waals surface area contributed by atoms with Gasteiger partial charge in [0, 0.05) is 17.1 Å². The molecule has 1 aromatic carbocycles. The van der Waals surface area contributed by atoms with E-state index in [1.807, 2.05) is 25.1 Å². The molecule has 0 aliphatic heterocycles. The van der Waals surface area contributed by atoms with Gasteiger partial charge in [-0.25, -0.2) is 4.68 Å². The summed E-state index contributed by atoms with van der Waals surface area (Å²) in [5.74, 6) is 0.387. The van der Waals surface area contributed by atoms with Gasteiger partial charge in [0.15, 0.2) is 0 Å². The van der Waals surface area contributed by atoms with Crippen molar-refractivity contribution in [3.8, 4) is 0 Å². The smallest absolute Gasteiger partial charge is 0.256 e. The normalized spacial score (nSPS) is 11.0. The standard InChI is InChI=1S/C18H18Cl2N4O2/c1-10-14(12(3)26-23-10)8-21-18(25)16-11(2)22-24(17(16)20)9-13-6-4-5-7-15(13)19/h4-7H,8-9H2,1-3H3,(H,21,25). The molecule has 2 aromatic heterocycles. The van der Waals surface area contributed by atoms with Gasteiger partial charge in [-0.3, -0.25) is 4.79 Å². The van der Waals surface area contributed by atoms with Crippen LogP contribution in [-0.2, 0) is 13.1 Å². The third-order valence-corrected chi connectivity index (χ3v) is 4.93. The Bertz CT molecular complexity index is 943. The zero-order chi connectivity index (χ0) is 18.8. The van der Waals surface area contributed by atoms with Crippen molar-refractivity contribution in [3.63, 3.8) is 0 Å². The predicted molar refractivity (Wildman–Crippen MR) is 99.7 cm³/mol. The average molecular weight is 393 g/mol. The lowest BCUT2D eigenvalue weighted by molar-refractivity contribution is 0.0950. The molecular weight excluding hydrogens is 375 g/mol. The number of aryl methyl sites for hydroxylation is 3. The molecule has 0 saturated heterocycles. The molecule has 0 spiro atoms. The van der Waals surface area contributed by atoms with E-state index in [-0.39, 0.29) is 11.1 Å². The highest BCUT2D eigenvalue weighted by Crippen LogP contribution is 2.23. The molecule has 6 nitrogen and oxygen atoms in total. The first kappa shape index (κ1) is 18.5. The Labute approximate surface area is 161 Å². The topological polar surface area (TPSA) is 73.0 Å². The largest absolute Gasteiger partial charge is 0.361 e. The Hall–Kier alpha value is -2.31. The molecule has 2 heterocycles. The second kappa shape index (κ2) is 7.51. The fraction of sp³-hybridized carbons (Fsp3) is 0.278. The first-order valence-corrected chi connectivity index (χ1v) is 8.80. The number of rotatable bonds is 5. The second-order valence-corrected chi connectivity index (χ2v) is 6.75. The minimum Gasteiger partial charge on any atom is -0.361 e. The van der Waals surface area contributed by atoms with Crippen LogP contribution in [0.3, 0.4) is 0 Å². The third-order valence-electron chi connectivity index (χ3n) is 4.18. The van der Waals surface area contributed by atoms with Crippen molar-refractivity contribution in [2.24, 2.45) is 0 Å². The number of nitrogens with zero attached hydrogens (tertiary/aromatic N) is 3. The summed E-state index contributed by atoms with van der Waals surface area (Å²) in [6.07, 6.45) is 0. The predicted octanol–water partition coefficient (Wildman–Crippen LogP) is 4.08. The number of benzene rings is 1. The Balaban J connectivity index is 1.79. The molecule has 0 bridgehead atoms. The quantitative estimate of drug-likeness (QED) is 0.709. The zero-order valence-electron chi connectivity index (χ0n) is 14.6. The highest BCUT2D eigenvalue weighted by molar-refractivity contribution is 6.33. The van der Waals surface area contributed by atoms with Crippen molar-refractivity contribution >= 4 is 29.1 Å². The zero-order valence-corrected chi connectivity index (χ0v) is 16.1. The van der Waals surface area contributed by atoms with Crippen LogP contribution >= 0.6 is 23.2 Å². The van der Waals surface area contributed by atoms with Crippen LogP contribution in [0.2, 0.25) is 10.2 Å². The van der Waals surface area contributed by atoms with E-state index >= 15 is 0 Å². The lowest BCUT2D eigenvalue weighted by Gasteiger charge is -2.07. The summed E-state index contributed by atoms with van der Waals surface area (Å²) in [5.41, 5.74) is 3.39. The van der Waals surface area contributed by atoms with Gasteiger partial charge in [0.05, 0.1) is 23.5 Å². The number of amides is 1. The summed E-state index contributed by atoms with van der Waals surface area (Å²) in [4.78, 5) is 12.6. The number of nitrogens with one attached hydrogen (secondary N) is 1. The fourth-order valence-electron chi connectivity index (χ4n) is 2.72.